The number of dihydropyridines is 1. The van der Waals surface area contributed by atoms with Crippen LogP contribution in [0.3, 0.4) is 0 Å². The first-order chi connectivity index (χ1) is 14.3. The molecule has 8 nitrogen and oxygen atoms in total. The van der Waals surface area contributed by atoms with Crippen LogP contribution in [0.25, 0.3) is 5.57 Å². The Morgan fingerprint density at radius 3 is 2.83 bits per heavy atom. The molecule has 30 heavy (non-hydrogen) atoms. The van der Waals surface area contributed by atoms with Crippen molar-refractivity contribution >= 4 is 23.2 Å². The van der Waals surface area contributed by atoms with E-state index >= 15 is 0 Å². The fraction of sp³-hybridized carbons (Fsp3) is 0.455. The Morgan fingerprint density at radius 1 is 1.33 bits per heavy atom. The molecule has 3 aliphatic heterocycles. The molecule has 2 atom stereocenters. The molecular weight excluding hydrogens is 382 g/mol. The molecule has 2 aromatic rings. The maximum absolute atomic E-state index is 12.3. The molecule has 4 heterocycles. The molecule has 0 bridgehead atoms. The molecule has 0 radical (unpaired) electrons. The Morgan fingerprint density at radius 2 is 2.17 bits per heavy atom. The lowest BCUT2D eigenvalue weighted by Crippen LogP contribution is -2.32. The third kappa shape index (κ3) is 3.02. The van der Waals surface area contributed by atoms with Crippen LogP contribution < -0.4 is 4.90 Å². The topological polar surface area (TPSA) is 92.8 Å². The number of anilines is 1. The summed E-state index contributed by atoms with van der Waals surface area (Å²) in [7, 11) is 0. The molecule has 8 heteroatoms. The van der Waals surface area contributed by atoms with Gasteiger partial charge in [-0.15, -0.1) is 5.10 Å². The molecule has 5 rings (SSSR count). The van der Waals surface area contributed by atoms with Gasteiger partial charge in [0.2, 0.25) is 0 Å². The summed E-state index contributed by atoms with van der Waals surface area (Å²) in [4.78, 5) is 18.7. The first-order valence-corrected chi connectivity index (χ1v) is 10.4. The van der Waals surface area contributed by atoms with Gasteiger partial charge in [0.15, 0.2) is 0 Å². The number of cyclic esters (lactones) is 1. The van der Waals surface area contributed by atoms with Crippen LogP contribution >= 0.6 is 0 Å². The van der Waals surface area contributed by atoms with Crippen LogP contribution in [0.5, 0.6) is 0 Å². The van der Waals surface area contributed by atoms with E-state index in [1.54, 1.807) is 24.7 Å². The highest BCUT2D eigenvalue weighted by molar-refractivity contribution is 5.94. The van der Waals surface area contributed by atoms with Gasteiger partial charge in [0.25, 0.3) is 0 Å². The molecule has 156 valence electrons. The van der Waals surface area contributed by atoms with Gasteiger partial charge in [0.05, 0.1) is 24.5 Å². The van der Waals surface area contributed by atoms with Crippen molar-refractivity contribution in [3.8, 4) is 0 Å². The number of nitrogens with zero attached hydrogens (tertiary/aromatic N) is 5. The smallest absolute Gasteiger partial charge is 0.415 e. The van der Waals surface area contributed by atoms with Crippen molar-refractivity contribution < 1.29 is 14.6 Å². The van der Waals surface area contributed by atoms with Crippen molar-refractivity contribution in [2.75, 3.05) is 11.4 Å². The molecule has 0 aliphatic carbocycles. The quantitative estimate of drug-likeness (QED) is 0.845. The van der Waals surface area contributed by atoms with Gasteiger partial charge in [-0.25, -0.2) is 9.48 Å². The summed E-state index contributed by atoms with van der Waals surface area (Å²) in [6, 6.07) is 6.37. The SMILES string of the molecule is CCC1OC(=O)N2c3ccc(C4=CCC(n5cc(C(C)(C)O)nn5)=NC4)cc3CC12. The highest BCUT2D eigenvalue weighted by Gasteiger charge is 2.46. The first-order valence-electron chi connectivity index (χ1n) is 10.4. The fourth-order valence-corrected chi connectivity index (χ4v) is 4.40. The number of benzene rings is 1. The molecule has 1 N–H and O–H groups in total. The van der Waals surface area contributed by atoms with E-state index in [4.69, 9.17) is 4.74 Å². The second kappa shape index (κ2) is 6.77. The number of aliphatic hydroxyl groups is 1. The zero-order chi connectivity index (χ0) is 21.0. The number of carbonyl (C=O) groups is 1. The zero-order valence-electron chi connectivity index (χ0n) is 17.4. The first kappa shape index (κ1) is 19.0. The zero-order valence-corrected chi connectivity index (χ0v) is 17.4. The van der Waals surface area contributed by atoms with Crippen molar-refractivity contribution in [1.29, 1.82) is 0 Å². The van der Waals surface area contributed by atoms with E-state index in [2.05, 4.69) is 40.4 Å². The Labute approximate surface area is 174 Å². The number of aromatic nitrogens is 3. The van der Waals surface area contributed by atoms with Crippen molar-refractivity contribution in [3.05, 3.63) is 47.3 Å². The molecule has 3 aliphatic rings. The summed E-state index contributed by atoms with van der Waals surface area (Å²) in [6.07, 6.45) is 5.91. The van der Waals surface area contributed by atoms with Crippen LogP contribution in [0.1, 0.15) is 50.4 Å². The minimum absolute atomic E-state index is 0.0362. The van der Waals surface area contributed by atoms with Crippen LogP contribution in [0.15, 0.2) is 35.5 Å². The summed E-state index contributed by atoms with van der Waals surface area (Å²) in [5, 5.41) is 18.2. The second-order valence-electron chi connectivity index (χ2n) is 8.59. The number of ether oxygens (including phenoxy) is 1. The standard InChI is InChI=1S/C22H25N5O3/c1-4-18-17-10-15-9-13(5-7-16(15)27(17)21(28)30-18)14-6-8-20(23-11-14)26-12-19(24-25-26)22(2,3)29/h5-7,9,12,17-18,29H,4,8,10-11H2,1-3H3. The van der Waals surface area contributed by atoms with Crippen molar-refractivity contribution in [2.24, 2.45) is 4.99 Å². The molecule has 1 saturated heterocycles. The molecule has 0 spiro atoms. The normalized spacial score (nSPS) is 23.1. The lowest BCUT2D eigenvalue weighted by molar-refractivity contribution is 0.0737. The van der Waals surface area contributed by atoms with Gasteiger partial charge in [-0.1, -0.05) is 24.3 Å². The Bertz CT molecular complexity index is 1080. The maximum Gasteiger partial charge on any atom is 0.415 e. The van der Waals surface area contributed by atoms with E-state index in [0.29, 0.717) is 18.7 Å². The van der Waals surface area contributed by atoms with E-state index in [0.717, 1.165) is 35.5 Å². The van der Waals surface area contributed by atoms with Crippen molar-refractivity contribution in [1.82, 2.24) is 15.0 Å². The Balaban J connectivity index is 1.34. The molecule has 1 aromatic carbocycles. The highest BCUT2D eigenvalue weighted by Crippen LogP contribution is 2.40. The van der Waals surface area contributed by atoms with Crippen molar-refractivity contribution in [3.63, 3.8) is 0 Å². The number of allylic oxidation sites excluding steroid dienone is 1. The average molecular weight is 407 g/mol. The van der Waals surface area contributed by atoms with Gasteiger partial charge in [0.1, 0.15) is 23.2 Å². The summed E-state index contributed by atoms with van der Waals surface area (Å²) in [5.41, 5.74) is 3.93. The van der Waals surface area contributed by atoms with E-state index in [1.165, 1.54) is 5.56 Å². The summed E-state index contributed by atoms with van der Waals surface area (Å²) in [6.45, 7) is 5.97. The predicted molar refractivity (Wildman–Crippen MR) is 113 cm³/mol. The van der Waals surface area contributed by atoms with E-state index < -0.39 is 5.60 Å². The van der Waals surface area contributed by atoms with Crippen LogP contribution in [-0.4, -0.2) is 50.7 Å². The number of amides is 1. The Hall–Kier alpha value is -3.00. The second-order valence-corrected chi connectivity index (χ2v) is 8.59. The average Bonchev–Trinajstić information content (AvgIpc) is 3.42. The summed E-state index contributed by atoms with van der Waals surface area (Å²) >= 11 is 0. The van der Waals surface area contributed by atoms with Gasteiger partial charge in [0, 0.05) is 6.42 Å². The summed E-state index contributed by atoms with van der Waals surface area (Å²) < 4.78 is 7.12. The Kier molecular flexibility index (Phi) is 4.28. The number of fused-ring (bicyclic) bond motifs is 3. The number of carbonyl (C=O) groups excluding carboxylic acids is 1. The van der Waals surface area contributed by atoms with Gasteiger partial charge in [-0.2, -0.15) is 0 Å². The molecule has 1 aromatic heterocycles. The maximum atomic E-state index is 12.3. The molecule has 1 fully saturated rings. The molecule has 1 amide bonds. The lowest BCUT2D eigenvalue weighted by atomic mass is 9.98. The molecule has 0 saturated carbocycles. The third-order valence-corrected chi connectivity index (χ3v) is 6.10. The molecular formula is C22H25N5O3. The van der Waals surface area contributed by atoms with Crippen molar-refractivity contribution in [2.45, 2.75) is 57.8 Å². The number of rotatable bonds is 3. The minimum Gasteiger partial charge on any atom is -0.444 e. The van der Waals surface area contributed by atoms with Gasteiger partial charge in [-0.05, 0) is 55.5 Å². The van der Waals surface area contributed by atoms with Crippen LogP contribution in [0.2, 0.25) is 0 Å². The minimum atomic E-state index is -1.03. The van der Waals surface area contributed by atoms with Crippen LogP contribution in [0.4, 0.5) is 10.5 Å². The third-order valence-electron chi connectivity index (χ3n) is 6.10. The molecule has 2 unspecified atom stereocenters. The van der Waals surface area contributed by atoms with E-state index in [-0.39, 0.29) is 18.2 Å². The number of aliphatic imine (C=N–C) groups is 1. The van der Waals surface area contributed by atoms with Crippen LogP contribution in [-0.2, 0) is 16.8 Å². The van der Waals surface area contributed by atoms with E-state index in [9.17, 15) is 9.90 Å². The van der Waals surface area contributed by atoms with Gasteiger partial charge in [-0.3, -0.25) is 9.89 Å². The largest absolute Gasteiger partial charge is 0.444 e. The fourth-order valence-electron chi connectivity index (χ4n) is 4.40. The summed E-state index contributed by atoms with van der Waals surface area (Å²) in [5.74, 6) is 0.803. The number of hydrogen-bond acceptors (Lipinski definition) is 6. The van der Waals surface area contributed by atoms with Gasteiger partial charge >= 0.3 is 6.09 Å². The lowest BCUT2D eigenvalue weighted by Gasteiger charge is -2.16. The van der Waals surface area contributed by atoms with Gasteiger partial charge < -0.3 is 9.84 Å². The van der Waals surface area contributed by atoms with Crippen LogP contribution in [0, 0.1) is 0 Å². The van der Waals surface area contributed by atoms with E-state index in [1.807, 2.05) is 11.0 Å². The number of hydrogen-bond donors (Lipinski definition) is 1. The predicted octanol–water partition coefficient (Wildman–Crippen LogP) is 2.90. The monoisotopic (exact) mass is 407 g/mol. The highest BCUT2D eigenvalue weighted by atomic mass is 16.6.